The topological polar surface area (TPSA) is 35.6 Å². The molecule has 0 radical (unpaired) electrons. The lowest BCUT2D eigenvalue weighted by Gasteiger charge is -2.34. The molecule has 1 aromatic rings. The Labute approximate surface area is 134 Å². The Bertz CT molecular complexity index is 463. The molecular weight excluding hydrogens is 274 g/mol. The van der Waals surface area contributed by atoms with E-state index in [1.165, 1.54) is 18.5 Å². The van der Waals surface area contributed by atoms with Crippen molar-refractivity contribution in [2.45, 2.75) is 38.6 Å². The smallest absolute Gasteiger partial charge is 0.317 e. The van der Waals surface area contributed by atoms with E-state index in [1.54, 1.807) is 0 Å². The molecule has 1 aromatic carbocycles. The second-order valence-electron chi connectivity index (χ2n) is 6.53. The largest absolute Gasteiger partial charge is 0.373 e. The molecule has 0 spiro atoms. The predicted octanol–water partition coefficient (Wildman–Crippen LogP) is 3.34. The maximum atomic E-state index is 12.3. The SMILES string of the molecule is CC1CCCC(N(C)C(=O)NCCN(C)c2ccccc2)C1. The van der Waals surface area contributed by atoms with Crippen LogP contribution >= 0.6 is 0 Å². The Hall–Kier alpha value is -1.71. The number of carbonyl (C=O) groups is 1. The van der Waals surface area contributed by atoms with Crippen molar-refractivity contribution in [3.05, 3.63) is 30.3 Å². The highest BCUT2D eigenvalue weighted by Gasteiger charge is 2.25. The first kappa shape index (κ1) is 16.7. The molecule has 22 heavy (non-hydrogen) atoms. The normalized spacial score (nSPS) is 21.2. The van der Waals surface area contributed by atoms with Gasteiger partial charge >= 0.3 is 6.03 Å². The number of carbonyl (C=O) groups excluding carboxylic acids is 1. The third-order valence-electron chi connectivity index (χ3n) is 4.70. The van der Waals surface area contributed by atoms with Crippen molar-refractivity contribution < 1.29 is 4.79 Å². The van der Waals surface area contributed by atoms with E-state index in [4.69, 9.17) is 0 Å². The fraction of sp³-hybridized carbons (Fsp3) is 0.611. The van der Waals surface area contributed by atoms with E-state index in [2.05, 4.69) is 29.3 Å². The van der Waals surface area contributed by atoms with Gasteiger partial charge in [-0.2, -0.15) is 0 Å². The van der Waals surface area contributed by atoms with E-state index in [-0.39, 0.29) is 6.03 Å². The second-order valence-corrected chi connectivity index (χ2v) is 6.53. The van der Waals surface area contributed by atoms with Crippen LogP contribution in [0.1, 0.15) is 32.6 Å². The quantitative estimate of drug-likeness (QED) is 0.905. The summed E-state index contributed by atoms with van der Waals surface area (Å²) in [6.07, 6.45) is 4.81. The van der Waals surface area contributed by atoms with Gasteiger partial charge in [0.1, 0.15) is 0 Å². The third kappa shape index (κ3) is 4.65. The van der Waals surface area contributed by atoms with Crippen molar-refractivity contribution >= 4 is 11.7 Å². The maximum Gasteiger partial charge on any atom is 0.317 e. The number of hydrogen-bond donors (Lipinski definition) is 1. The Morgan fingerprint density at radius 1 is 1.23 bits per heavy atom. The molecule has 2 rings (SSSR count). The van der Waals surface area contributed by atoms with Gasteiger partial charge < -0.3 is 15.1 Å². The zero-order chi connectivity index (χ0) is 15.9. The molecular formula is C18H29N3O. The van der Waals surface area contributed by atoms with E-state index in [0.717, 1.165) is 25.3 Å². The average Bonchev–Trinajstić information content (AvgIpc) is 2.54. The van der Waals surface area contributed by atoms with Gasteiger partial charge in [-0.1, -0.05) is 38.0 Å². The Morgan fingerprint density at radius 2 is 1.95 bits per heavy atom. The van der Waals surface area contributed by atoms with Crippen LogP contribution in [0.3, 0.4) is 0 Å². The standard InChI is InChI=1S/C18H29N3O/c1-15-8-7-11-17(14-15)21(3)18(22)19-12-13-20(2)16-9-5-4-6-10-16/h4-6,9-10,15,17H,7-8,11-14H2,1-3H3,(H,19,22). The van der Waals surface area contributed by atoms with Gasteiger partial charge in [0.05, 0.1) is 0 Å². The summed E-state index contributed by atoms with van der Waals surface area (Å²) >= 11 is 0. The molecule has 4 heteroatoms. The van der Waals surface area contributed by atoms with E-state index >= 15 is 0 Å². The number of para-hydroxylation sites is 1. The molecule has 1 aliphatic rings. The van der Waals surface area contributed by atoms with Gasteiger partial charge in [0.25, 0.3) is 0 Å². The van der Waals surface area contributed by atoms with Gasteiger partial charge in [0.15, 0.2) is 0 Å². The van der Waals surface area contributed by atoms with Crippen LogP contribution in [0.15, 0.2) is 30.3 Å². The van der Waals surface area contributed by atoms with Gasteiger partial charge in [-0.25, -0.2) is 4.79 Å². The Morgan fingerprint density at radius 3 is 2.64 bits per heavy atom. The van der Waals surface area contributed by atoms with Crippen LogP contribution in [0.5, 0.6) is 0 Å². The number of benzene rings is 1. The first-order valence-corrected chi connectivity index (χ1v) is 8.34. The molecule has 1 saturated carbocycles. The fourth-order valence-electron chi connectivity index (χ4n) is 3.19. The molecule has 1 N–H and O–H groups in total. The first-order chi connectivity index (χ1) is 10.6. The highest BCUT2D eigenvalue weighted by atomic mass is 16.2. The number of anilines is 1. The molecule has 0 aromatic heterocycles. The lowest BCUT2D eigenvalue weighted by Crippen LogP contribution is -2.46. The summed E-state index contributed by atoms with van der Waals surface area (Å²) in [6, 6.07) is 10.7. The number of likely N-dealkylation sites (N-methyl/N-ethyl adjacent to an activating group) is 1. The highest BCUT2D eigenvalue weighted by Crippen LogP contribution is 2.26. The van der Waals surface area contributed by atoms with E-state index < -0.39 is 0 Å². The number of amides is 2. The molecule has 2 atom stereocenters. The molecule has 1 aliphatic carbocycles. The summed E-state index contributed by atoms with van der Waals surface area (Å²) in [5.41, 5.74) is 1.17. The molecule has 0 heterocycles. The van der Waals surface area contributed by atoms with Gasteiger partial charge in [-0.3, -0.25) is 0 Å². The number of nitrogens with one attached hydrogen (secondary N) is 1. The number of urea groups is 1. The van der Waals surface area contributed by atoms with Crippen LogP contribution in [-0.2, 0) is 0 Å². The molecule has 122 valence electrons. The number of nitrogens with zero attached hydrogens (tertiary/aromatic N) is 2. The van der Waals surface area contributed by atoms with Crippen molar-refractivity contribution in [2.24, 2.45) is 5.92 Å². The zero-order valence-corrected chi connectivity index (χ0v) is 14.1. The number of hydrogen-bond acceptors (Lipinski definition) is 2. The van der Waals surface area contributed by atoms with Crippen molar-refractivity contribution in [2.75, 3.05) is 32.1 Å². The molecule has 0 saturated heterocycles. The van der Waals surface area contributed by atoms with Crippen molar-refractivity contribution in [1.29, 1.82) is 0 Å². The summed E-state index contributed by atoms with van der Waals surface area (Å²) in [5, 5.41) is 3.04. The average molecular weight is 303 g/mol. The summed E-state index contributed by atoms with van der Waals surface area (Å²) in [7, 11) is 3.98. The van der Waals surface area contributed by atoms with E-state index in [1.807, 2.05) is 37.2 Å². The van der Waals surface area contributed by atoms with Crippen LogP contribution in [0, 0.1) is 5.92 Å². The molecule has 2 amide bonds. The molecule has 0 aliphatic heterocycles. The van der Waals surface area contributed by atoms with E-state index in [9.17, 15) is 4.79 Å². The van der Waals surface area contributed by atoms with Crippen LogP contribution in [0.25, 0.3) is 0 Å². The Balaban J connectivity index is 1.73. The van der Waals surface area contributed by atoms with Gasteiger partial charge in [0, 0.05) is 38.9 Å². The molecule has 0 bridgehead atoms. The van der Waals surface area contributed by atoms with Crippen LogP contribution in [0.2, 0.25) is 0 Å². The zero-order valence-electron chi connectivity index (χ0n) is 14.1. The lowest BCUT2D eigenvalue weighted by atomic mass is 9.86. The fourth-order valence-corrected chi connectivity index (χ4v) is 3.19. The lowest BCUT2D eigenvalue weighted by molar-refractivity contribution is 0.160. The van der Waals surface area contributed by atoms with Crippen molar-refractivity contribution in [3.8, 4) is 0 Å². The summed E-state index contributed by atoms with van der Waals surface area (Å²) < 4.78 is 0. The molecule has 1 fully saturated rings. The Kier molecular flexibility index (Phi) is 6.10. The van der Waals surface area contributed by atoms with Crippen molar-refractivity contribution in [1.82, 2.24) is 10.2 Å². The summed E-state index contributed by atoms with van der Waals surface area (Å²) in [5.74, 6) is 0.734. The minimum Gasteiger partial charge on any atom is -0.373 e. The molecule has 4 nitrogen and oxygen atoms in total. The highest BCUT2D eigenvalue weighted by molar-refractivity contribution is 5.74. The van der Waals surface area contributed by atoms with Gasteiger partial charge in [0.2, 0.25) is 0 Å². The third-order valence-corrected chi connectivity index (χ3v) is 4.70. The number of rotatable bonds is 5. The van der Waals surface area contributed by atoms with Gasteiger partial charge in [-0.15, -0.1) is 0 Å². The van der Waals surface area contributed by atoms with Crippen LogP contribution in [0.4, 0.5) is 10.5 Å². The summed E-state index contributed by atoms with van der Waals surface area (Å²) in [6.45, 7) is 3.76. The predicted molar refractivity (Wildman–Crippen MR) is 92.3 cm³/mol. The van der Waals surface area contributed by atoms with Crippen LogP contribution < -0.4 is 10.2 Å². The first-order valence-electron chi connectivity index (χ1n) is 8.34. The van der Waals surface area contributed by atoms with Crippen molar-refractivity contribution in [3.63, 3.8) is 0 Å². The van der Waals surface area contributed by atoms with Gasteiger partial charge in [-0.05, 0) is 30.9 Å². The molecule has 2 unspecified atom stereocenters. The maximum absolute atomic E-state index is 12.3. The second kappa shape index (κ2) is 8.06. The summed E-state index contributed by atoms with van der Waals surface area (Å²) in [4.78, 5) is 16.3. The minimum absolute atomic E-state index is 0.0561. The van der Waals surface area contributed by atoms with Crippen LogP contribution in [-0.4, -0.2) is 44.2 Å². The monoisotopic (exact) mass is 303 g/mol. The minimum atomic E-state index is 0.0561. The van der Waals surface area contributed by atoms with E-state index in [0.29, 0.717) is 12.6 Å².